The van der Waals surface area contributed by atoms with Crippen LogP contribution in [0.2, 0.25) is 0 Å². The number of benzene rings is 1. The van der Waals surface area contributed by atoms with E-state index in [1.807, 2.05) is 18.2 Å². The molecule has 0 aliphatic carbocycles. The summed E-state index contributed by atoms with van der Waals surface area (Å²) in [6.07, 6.45) is 2.86. The van der Waals surface area contributed by atoms with E-state index in [0.29, 0.717) is 31.5 Å². The molecule has 2 aromatic rings. The first-order valence-corrected chi connectivity index (χ1v) is 7.97. The van der Waals surface area contributed by atoms with Crippen LogP contribution in [-0.4, -0.2) is 29.0 Å². The van der Waals surface area contributed by atoms with Crippen molar-refractivity contribution in [2.75, 3.05) is 6.54 Å². The predicted octanol–water partition coefficient (Wildman–Crippen LogP) is 0.709. The number of hydrogen-bond donors (Lipinski definition) is 2. The molecule has 1 atom stereocenters. The molecule has 6 nitrogen and oxygen atoms in total. The van der Waals surface area contributed by atoms with Crippen LogP contribution >= 0.6 is 0 Å². The molecule has 0 spiro atoms. The molecule has 0 saturated heterocycles. The Morgan fingerprint density at radius 3 is 2.79 bits per heavy atom. The highest BCUT2D eigenvalue weighted by molar-refractivity contribution is 6.00. The average Bonchev–Trinajstić information content (AvgIpc) is 2.60. The molecule has 1 aromatic heterocycles. The van der Waals surface area contributed by atoms with Gasteiger partial charge in [0.05, 0.1) is 0 Å². The van der Waals surface area contributed by atoms with Gasteiger partial charge in [-0.1, -0.05) is 24.3 Å². The van der Waals surface area contributed by atoms with Gasteiger partial charge in [-0.15, -0.1) is 0 Å². The lowest BCUT2D eigenvalue weighted by Gasteiger charge is -2.24. The van der Waals surface area contributed by atoms with Crippen molar-refractivity contribution in [1.82, 2.24) is 15.2 Å². The number of carbonyl (C=O) groups excluding carboxylic acids is 2. The van der Waals surface area contributed by atoms with Crippen LogP contribution in [0.25, 0.3) is 0 Å². The Bertz CT molecular complexity index is 813. The van der Waals surface area contributed by atoms with Crippen molar-refractivity contribution in [2.45, 2.75) is 25.4 Å². The zero-order chi connectivity index (χ0) is 16.9. The molecule has 6 heteroatoms. The molecule has 0 bridgehead atoms. The van der Waals surface area contributed by atoms with Crippen LogP contribution in [0.5, 0.6) is 0 Å². The number of carbonyl (C=O) groups is 2. The first-order valence-electron chi connectivity index (χ1n) is 7.97. The van der Waals surface area contributed by atoms with Gasteiger partial charge in [0.15, 0.2) is 0 Å². The van der Waals surface area contributed by atoms with Crippen molar-refractivity contribution in [3.8, 4) is 0 Å². The molecule has 1 aliphatic heterocycles. The summed E-state index contributed by atoms with van der Waals surface area (Å²) in [5, 5.41) is 5.56. The van der Waals surface area contributed by atoms with Crippen molar-refractivity contribution in [2.24, 2.45) is 0 Å². The molecule has 2 heterocycles. The fraction of sp³-hybridized carbons (Fsp3) is 0.278. The Morgan fingerprint density at radius 2 is 1.96 bits per heavy atom. The van der Waals surface area contributed by atoms with E-state index in [4.69, 9.17) is 0 Å². The van der Waals surface area contributed by atoms with Gasteiger partial charge < -0.3 is 15.2 Å². The van der Waals surface area contributed by atoms with Crippen LogP contribution in [-0.2, 0) is 17.8 Å². The third-order valence-electron chi connectivity index (χ3n) is 4.08. The summed E-state index contributed by atoms with van der Waals surface area (Å²) in [5.41, 5.74) is 1.46. The van der Waals surface area contributed by atoms with E-state index in [2.05, 4.69) is 10.6 Å². The second-order valence-corrected chi connectivity index (χ2v) is 5.76. The highest BCUT2D eigenvalue weighted by Gasteiger charge is 2.28. The number of aryl methyl sites for hydroxylation is 1. The van der Waals surface area contributed by atoms with Gasteiger partial charge in [0.25, 0.3) is 5.91 Å². The molecule has 3 rings (SSSR count). The Morgan fingerprint density at radius 1 is 1.17 bits per heavy atom. The van der Waals surface area contributed by atoms with Gasteiger partial charge in [-0.05, 0) is 24.1 Å². The summed E-state index contributed by atoms with van der Waals surface area (Å²) >= 11 is 0. The molecule has 0 radical (unpaired) electrons. The zero-order valence-electron chi connectivity index (χ0n) is 13.2. The maximum atomic E-state index is 12.2. The second-order valence-electron chi connectivity index (χ2n) is 5.76. The van der Waals surface area contributed by atoms with E-state index >= 15 is 0 Å². The minimum Gasteiger partial charge on any atom is -0.354 e. The summed E-state index contributed by atoms with van der Waals surface area (Å²) in [5.74, 6) is -0.411. The second kappa shape index (κ2) is 7.12. The lowest BCUT2D eigenvalue weighted by molar-refractivity contribution is -0.123. The molecular weight excluding hydrogens is 306 g/mol. The number of amides is 2. The number of rotatable bonds is 5. The van der Waals surface area contributed by atoms with Gasteiger partial charge in [-0.3, -0.25) is 14.4 Å². The Balaban J connectivity index is 1.50. The van der Waals surface area contributed by atoms with E-state index in [1.54, 1.807) is 29.0 Å². The number of nitrogens with zero attached hydrogens (tertiary/aromatic N) is 1. The minimum absolute atomic E-state index is 0.0556. The molecule has 2 amide bonds. The Labute approximate surface area is 139 Å². The highest BCUT2D eigenvalue weighted by atomic mass is 16.2. The summed E-state index contributed by atoms with van der Waals surface area (Å²) < 4.78 is 1.60. The Hall–Kier alpha value is -2.89. The monoisotopic (exact) mass is 325 g/mol. The van der Waals surface area contributed by atoms with Crippen molar-refractivity contribution >= 4 is 11.8 Å². The third-order valence-corrected chi connectivity index (χ3v) is 4.08. The summed E-state index contributed by atoms with van der Waals surface area (Å²) in [6.45, 7) is 0.994. The van der Waals surface area contributed by atoms with E-state index in [0.717, 1.165) is 5.56 Å². The standard InChI is InChI=1S/C18H19N3O3/c22-16-8-3-4-10-21(16)11-5-9-19-18(24)15-12-13-6-1-2-7-14(13)17(23)20-15/h1-4,6-8,10,15H,5,9,11-12H2,(H,19,24)(H,20,23)/t15-/m0/s1. The number of nitrogens with one attached hydrogen (secondary N) is 2. The minimum atomic E-state index is -0.549. The average molecular weight is 325 g/mol. The molecular formula is C18H19N3O3. The number of pyridine rings is 1. The molecule has 1 aliphatic rings. The normalized spacial score (nSPS) is 16.2. The SMILES string of the molecule is O=C1N[C@H](C(=O)NCCCn2ccccc2=O)Cc2ccccc21. The summed E-state index contributed by atoms with van der Waals surface area (Å²) in [4.78, 5) is 35.8. The lowest BCUT2D eigenvalue weighted by atomic mass is 9.95. The predicted molar refractivity (Wildman–Crippen MR) is 89.7 cm³/mol. The molecule has 0 unspecified atom stereocenters. The number of hydrogen-bond acceptors (Lipinski definition) is 3. The van der Waals surface area contributed by atoms with E-state index in [-0.39, 0.29) is 17.4 Å². The third kappa shape index (κ3) is 3.53. The van der Waals surface area contributed by atoms with Gasteiger partial charge in [0.2, 0.25) is 11.5 Å². The topological polar surface area (TPSA) is 80.2 Å². The van der Waals surface area contributed by atoms with Crippen LogP contribution in [0.1, 0.15) is 22.3 Å². The zero-order valence-corrected chi connectivity index (χ0v) is 13.2. The maximum Gasteiger partial charge on any atom is 0.252 e. The van der Waals surface area contributed by atoms with Crippen LogP contribution < -0.4 is 16.2 Å². The van der Waals surface area contributed by atoms with Gasteiger partial charge in [0.1, 0.15) is 6.04 Å². The molecule has 0 fully saturated rings. The largest absolute Gasteiger partial charge is 0.354 e. The van der Waals surface area contributed by atoms with Crippen LogP contribution in [0, 0.1) is 0 Å². The molecule has 24 heavy (non-hydrogen) atoms. The van der Waals surface area contributed by atoms with E-state index < -0.39 is 6.04 Å². The maximum absolute atomic E-state index is 12.2. The molecule has 0 saturated carbocycles. The van der Waals surface area contributed by atoms with Crippen LogP contribution in [0.15, 0.2) is 53.5 Å². The first-order chi connectivity index (χ1) is 11.6. The van der Waals surface area contributed by atoms with Crippen molar-refractivity contribution in [3.05, 3.63) is 70.1 Å². The first kappa shape index (κ1) is 16.0. The number of fused-ring (bicyclic) bond motifs is 1. The summed E-state index contributed by atoms with van der Waals surface area (Å²) in [6, 6.07) is 11.8. The quantitative estimate of drug-likeness (QED) is 0.795. The van der Waals surface area contributed by atoms with Crippen molar-refractivity contribution in [1.29, 1.82) is 0 Å². The fourth-order valence-corrected chi connectivity index (χ4v) is 2.81. The van der Waals surface area contributed by atoms with Crippen molar-refractivity contribution in [3.63, 3.8) is 0 Å². The van der Waals surface area contributed by atoms with Gasteiger partial charge in [-0.25, -0.2) is 0 Å². The lowest BCUT2D eigenvalue weighted by Crippen LogP contribution is -2.51. The molecule has 1 aromatic carbocycles. The van der Waals surface area contributed by atoms with Gasteiger partial charge >= 0.3 is 0 Å². The Kier molecular flexibility index (Phi) is 4.74. The van der Waals surface area contributed by atoms with Gasteiger partial charge in [0, 0.05) is 37.3 Å². The number of aromatic nitrogens is 1. The molecule has 2 N–H and O–H groups in total. The summed E-state index contributed by atoms with van der Waals surface area (Å²) in [7, 11) is 0. The highest BCUT2D eigenvalue weighted by Crippen LogP contribution is 2.16. The fourth-order valence-electron chi connectivity index (χ4n) is 2.81. The van der Waals surface area contributed by atoms with Crippen molar-refractivity contribution < 1.29 is 9.59 Å². The van der Waals surface area contributed by atoms with Crippen LogP contribution in [0.4, 0.5) is 0 Å². The van der Waals surface area contributed by atoms with E-state index in [1.165, 1.54) is 6.07 Å². The smallest absolute Gasteiger partial charge is 0.252 e. The van der Waals surface area contributed by atoms with E-state index in [9.17, 15) is 14.4 Å². The molecule has 124 valence electrons. The van der Waals surface area contributed by atoms with Crippen LogP contribution in [0.3, 0.4) is 0 Å². The van der Waals surface area contributed by atoms with Gasteiger partial charge in [-0.2, -0.15) is 0 Å².